The zero-order valence-electron chi connectivity index (χ0n) is 11.0. The molecule has 0 radical (unpaired) electrons. The van der Waals surface area contributed by atoms with Gasteiger partial charge in [0.25, 0.3) is 0 Å². The maximum Gasteiger partial charge on any atom is 0.193 e. The molecule has 1 atom stereocenters. The van der Waals surface area contributed by atoms with E-state index in [2.05, 4.69) is 22.0 Å². The predicted molar refractivity (Wildman–Crippen MR) is 74.1 cm³/mol. The largest absolute Gasteiger partial charge is 0.448 e. The van der Waals surface area contributed by atoms with Gasteiger partial charge < -0.3 is 9.73 Å². The molecule has 0 aliphatic heterocycles. The van der Waals surface area contributed by atoms with Gasteiger partial charge in [0.2, 0.25) is 0 Å². The van der Waals surface area contributed by atoms with Crippen molar-refractivity contribution in [3.8, 4) is 0 Å². The molecule has 0 saturated carbocycles. The molecule has 1 N–H and O–H groups in total. The number of hydrogen-bond acceptors (Lipinski definition) is 3. The first kappa shape index (κ1) is 12.8. The molecule has 102 valence electrons. The van der Waals surface area contributed by atoms with E-state index in [1.165, 1.54) is 17.7 Å². The van der Waals surface area contributed by atoms with Crippen LogP contribution in [-0.2, 0) is 19.5 Å². The van der Waals surface area contributed by atoms with Crippen molar-refractivity contribution in [2.75, 3.05) is 0 Å². The van der Waals surface area contributed by atoms with Gasteiger partial charge in [-0.3, -0.25) is 4.68 Å². The third kappa shape index (κ3) is 2.55. The SMILES string of the molecule is CCn1ncc2c1CCC[C@@H]2NCc1ccc(Cl)o1. The fourth-order valence-electron chi connectivity index (χ4n) is 2.77. The number of rotatable bonds is 4. The molecule has 3 rings (SSSR count). The Bertz CT molecular complexity index is 561. The summed E-state index contributed by atoms with van der Waals surface area (Å²) in [6.07, 6.45) is 5.49. The zero-order valence-corrected chi connectivity index (χ0v) is 11.8. The van der Waals surface area contributed by atoms with Gasteiger partial charge in [-0.25, -0.2) is 0 Å². The second-order valence-corrected chi connectivity index (χ2v) is 5.27. The quantitative estimate of drug-likeness (QED) is 0.934. The van der Waals surface area contributed by atoms with E-state index in [9.17, 15) is 0 Å². The van der Waals surface area contributed by atoms with E-state index < -0.39 is 0 Å². The van der Waals surface area contributed by atoms with Crippen molar-refractivity contribution in [1.29, 1.82) is 0 Å². The number of nitrogens with one attached hydrogen (secondary N) is 1. The van der Waals surface area contributed by atoms with Gasteiger partial charge in [0.05, 0.1) is 12.7 Å². The molecule has 19 heavy (non-hydrogen) atoms. The van der Waals surface area contributed by atoms with Crippen LogP contribution in [0.5, 0.6) is 0 Å². The first-order valence-corrected chi connectivity index (χ1v) is 7.18. The van der Waals surface area contributed by atoms with Crippen LogP contribution in [0.4, 0.5) is 0 Å². The molecule has 2 aromatic rings. The van der Waals surface area contributed by atoms with Crippen LogP contribution >= 0.6 is 11.6 Å². The normalized spacial score (nSPS) is 18.5. The number of hydrogen-bond donors (Lipinski definition) is 1. The van der Waals surface area contributed by atoms with Crippen molar-refractivity contribution in [2.24, 2.45) is 0 Å². The zero-order chi connectivity index (χ0) is 13.2. The Kier molecular flexibility index (Phi) is 3.62. The summed E-state index contributed by atoms with van der Waals surface area (Å²) in [5.74, 6) is 0.875. The third-order valence-corrected chi connectivity index (χ3v) is 3.92. The summed E-state index contributed by atoms with van der Waals surface area (Å²) in [6.45, 7) is 3.78. The van der Waals surface area contributed by atoms with Crippen LogP contribution in [-0.4, -0.2) is 9.78 Å². The van der Waals surface area contributed by atoms with Crippen LogP contribution in [0.25, 0.3) is 0 Å². The van der Waals surface area contributed by atoms with E-state index in [4.69, 9.17) is 16.0 Å². The summed E-state index contributed by atoms with van der Waals surface area (Å²) in [7, 11) is 0. The standard InChI is InChI=1S/C14H18ClN3O/c1-2-18-13-5-3-4-12(11(13)9-17-18)16-8-10-6-7-14(15)19-10/h6-7,9,12,16H,2-5,8H2,1H3/t12-/m0/s1. The van der Waals surface area contributed by atoms with Gasteiger partial charge in [-0.2, -0.15) is 5.10 Å². The molecule has 0 aromatic carbocycles. The average Bonchev–Trinajstić information content (AvgIpc) is 3.02. The summed E-state index contributed by atoms with van der Waals surface area (Å²) >= 11 is 5.78. The summed E-state index contributed by atoms with van der Waals surface area (Å²) in [4.78, 5) is 0. The molecule has 5 heteroatoms. The van der Waals surface area contributed by atoms with Crippen molar-refractivity contribution in [3.05, 3.63) is 40.6 Å². The molecule has 0 spiro atoms. The van der Waals surface area contributed by atoms with Crippen LogP contribution in [0.3, 0.4) is 0 Å². The van der Waals surface area contributed by atoms with E-state index >= 15 is 0 Å². The van der Waals surface area contributed by atoms with Gasteiger partial charge in [0, 0.05) is 23.8 Å². The fraction of sp³-hybridized carbons (Fsp3) is 0.500. The molecule has 0 fully saturated rings. The van der Waals surface area contributed by atoms with E-state index in [-0.39, 0.29) is 0 Å². The summed E-state index contributed by atoms with van der Waals surface area (Å²) in [6, 6.07) is 4.06. The lowest BCUT2D eigenvalue weighted by atomic mass is 9.93. The maximum absolute atomic E-state index is 5.78. The number of aromatic nitrogens is 2. The lowest BCUT2D eigenvalue weighted by Crippen LogP contribution is -2.24. The number of nitrogens with zero attached hydrogens (tertiary/aromatic N) is 2. The molecule has 0 amide bonds. The van der Waals surface area contributed by atoms with Crippen molar-refractivity contribution in [1.82, 2.24) is 15.1 Å². The molecule has 0 bridgehead atoms. The minimum Gasteiger partial charge on any atom is -0.448 e. The topological polar surface area (TPSA) is 43.0 Å². The minimum absolute atomic E-state index is 0.368. The highest BCUT2D eigenvalue weighted by atomic mass is 35.5. The first-order chi connectivity index (χ1) is 9.28. The average molecular weight is 280 g/mol. The Labute approximate surface area is 117 Å². The molecule has 1 aliphatic rings. The lowest BCUT2D eigenvalue weighted by molar-refractivity contribution is 0.413. The van der Waals surface area contributed by atoms with Crippen LogP contribution in [0.1, 0.15) is 42.8 Å². The lowest BCUT2D eigenvalue weighted by Gasteiger charge is -2.23. The monoisotopic (exact) mass is 279 g/mol. The highest BCUT2D eigenvalue weighted by molar-refractivity contribution is 6.28. The minimum atomic E-state index is 0.368. The highest BCUT2D eigenvalue weighted by Gasteiger charge is 2.23. The molecule has 2 aromatic heterocycles. The van der Waals surface area contributed by atoms with Crippen molar-refractivity contribution in [2.45, 2.75) is 45.3 Å². The Morgan fingerprint density at radius 3 is 3.16 bits per heavy atom. The highest BCUT2D eigenvalue weighted by Crippen LogP contribution is 2.30. The van der Waals surface area contributed by atoms with Crippen LogP contribution in [0.15, 0.2) is 22.7 Å². The number of furan rings is 1. The van der Waals surface area contributed by atoms with E-state index in [0.29, 0.717) is 17.8 Å². The second kappa shape index (κ2) is 5.39. The Hall–Kier alpha value is -1.26. The van der Waals surface area contributed by atoms with Gasteiger partial charge >= 0.3 is 0 Å². The predicted octanol–water partition coefficient (Wildman–Crippen LogP) is 3.32. The molecule has 4 nitrogen and oxygen atoms in total. The molecule has 0 saturated heterocycles. The number of halogens is 1. The Morgan fingerprint density at radius 1 is 1.53 bits per heavy atom. The van der Waals surface area contributed by atoms with Gasteiger partial charge in [-0.05, 0) is 49.9 Å². The summed E-state index contributed by atoms with van der Waals surface area (Å²) < 4.78 is 7.48. The van der Waals surface area contributed by atoms with Gasteiger partial charge in [-0.1, -0.05) is 0 Å². The van der Waals surface area contributed by atoms with Gasteiger partial charge in [0.15, 0.2) is 5.22 Å². The smallest absolute Gasteiger partial charge is 0.193 e. The van der Waals surface area contributed by atoms with Crippen molar-refractivity contribution >= 4 is 11.6 Å². The maximum atomic E-state index is 5.78. The number of aryl methyl sites for hydroxylation is 1. The molecular weight excluding hydrogens is 262 g/mol. The summed E-state index contributed by atoms with van der Waals surface area (Å²) in [5, 5.41) is 8.44. The Morgan fingerprint density at radius 2 is 2.42 bits per heavy atom. The fourth-order valence-corrected chi connectivity index (χ4v) is 2.94. The first-order valence-electron chi connectivity index (χ1n) is 6.80. The molecule has 0 unspecified atom stereocenters. The van der Waals surface area contributed by atoms with Crippen LogP contribution in [0, 0.1) is 0 Å². The van der Waals surface area contributed by atoms with E-state index in [1.54, 1.807) is 6.07 Å². The van der Waals surface area contributed by atoms with E-state index in [1.807, 2.05) is 12.3 Å². The molecule has 1 aliphatic carbocycles. The van der Waals surface area contributed by atoms with Gasteiger partial charge in [0.1, 0.15) is 5.76 Å². The summed E-state index contributed by atoms with van der Waals surface area (Å²) in [5.41, 5.74) is 2.72. The number of fused-ring (bicyclic) bond motifs is 1. The Balaban J connectivity index is 1.71. The second-order valence-electron chi connectivity index (χ2n) is 4.89. The van der Waals surface area contributed by atoms with Crippen LogP contribution < -0.4 is 5.32 Å². The molecular formula is C14H18ClN3O. The van der Waals surface area contributed by atoms with Gasteiger partial charge in [-0.15, -0.1) is 0 Å². The molecule has 2 heterocycles. The van der Waals surface area contributed by atoms with Crippen molar-refractivity contribution in [3.63, 3.8) is 0 Å². The van der Waals surface area contributed by atoms with Crippen LogP contribution in [0.2, 0.25) is 5.22 Å². The van der Waals surface area contributed by atoms with Crippen molar-refractivity contribution < 1.29 is 4.42 Å². The van der Waals surface area contributed by atoms with E-state index in [0.717, 1.165) is 25.1 Å². The third-order valence-electron chi connectivity index (χ3n) is 3.71.